The van der Waals surface area contributed by atoms with Crippen molar-refractivity contribution in [3.05, 3.63) is 89.3 Å². The van der Waals surface area contributed by atoms with Gasteiger partial charge in [0.05, 0.1) is 6.85 Å². The van der Waals surface area contributed by atoms with Gasteiger partial charge in [0.15, 0.2) is 0 Å². The molecule has 0 aliphatic heterocycles. The van der Waals surface area contributed by atoms with Gasteiger partial charge in [0.1, 0.15) is 0 Å². The van der Waals surface area contributed by atoms with Crippen LogP contribution in [0.3, 0.4) is 0 Å². The molecule has 0 radical (unpaired) electrons. The van der Waals surface area contributed by atoms with E-state index in [0.29, 0.717) is 11.4 Å². The lowest BCUT2D eigenvalue weighted by Crippen LogP contribution is -2.09. The van der Waals surface area contributed by atoms with E-state index in [1.54, 1.807) is 4.90 Å². The van der Waals surface area contributed by atoms with Gasteiger partial charge in [-0.25, -0.2) is 0 Å². The zero-order valence-electron chi connectivity index (χ0n) is 15.5. The molecule has 0 spiro atoms. The Balaban J connectivity index is 2.34. The summed E-state index contributed by atoms with van der Waals surface area (Å²) in [6.45, 7) is 0. The summed E-state index contributed by atoms with van der Waals surface area (Å²) in [5, 5.41) is 0. The van der Waals surface area contributed by atoms with Crippen molar-refractivity contribution < 1.29 is 6.85 Å². The van der Waals surface area contributed by atoms with E-state index in [1.165, 1.54) is 0 Å². The van der Waals surface area contributed by atoms with Crippen molar-refractivity contribution in [3.63, 3.8) is 0 Å². The number of nitrogens with zero attached hydrogens (tertiary/aromatic N) is 1. The van der Waals surface area contributed by atoms with Crippen molar-refractivity contribution in [1.82, 2.24) is 0 Å². The number of para-hydroxylation sites is 2. The Bertz CT molecular complexity index is 901. The van der Waals surface area contributed by atoms with Crippen LogP contribution in [0, 0.1) is 0 Å². The molecule has 0 fully saturated rings. The number of benzene rings is 3. The van der Waals surface area contributed by atoms with Gasteiger partial charge in [0.25, 0.3) is 0 Å². The molecule has 0 bridgehead atoms. The van der Waals surface area contributed by atoms with Gasteiger partial charge >= 0.3 is 0 Å². The highest BCUT2D eigenvalue weighted by atomic mass is 79.9. The van der Waals surface area contributed by atoms with E-state index in [0.717, 1.165) is 4.47 Å². The summed E-state index contributed by atoms with van der Waals surface area (Å²) < 4.78 is 41.1. The molecule has 0 unspecified atom stereocenters. The predicted octanol–water partition coefficient (Wildman–Crippen LogP) is 5.92. The Hall–Kier alpha value is -2.06. The number of hydrogen-bond acceptors (Lipinski definition) is 1. The van der Waals surface area contributed by atoms with E-state index in [2.05, 4.69) is 15.9 Å². The van der Waals surface area contributed by atoms with Crippen molar-refractivity contribution in [2.75, 3.05) is 4.90 Å². The molecule has 3 aromatic rings. The summed E-state index contributed by atoms with van der Waals surface area (Å²) in [7, 11) is 0. The quantitative estimate of drug-likeness (QED) is 0.576. The van der Waals surface area contributed by atoms with Crippen LogP contribution in [0.5, 0.6) is 0 Å². The molecule has 1 nitrogen and oxygen atoms in total. The summed E-state index contributed by atoms with van der Waals surface area (Å²) in [6, 6.07) is 15.0. The van der Waals surface area contributed by atoms with Gasteiger partial charge in [-0.1, -0.05) is 58.3 Å². The molecule has 0 saturated carbocycles. The summed E-state index contributed by atoms with van der Waals surface area (Å²) in [4.78, 5) is 1.67. The third-order valence-corrected chi connectivity index (χ3v) is 3.28. The molecule has 3 rings (SSSR count). The predicted molar refractivity (Wildman–Crippen MR) is 88.8 cm³/mol. The minimum Gasteiger partial charge on any atom is -0.310 e. The minimum atomic E-state index is -0.402. The fraction of sp³-hybridized carbons (Fsp3) is 0. The van der Waals surface area contributed by atoms with E-state index in [9.17, 15) is 0 Å². The summed E-state index contributed by atoms with van der Waals surface area (Å²) in [5.74, 6) is 0. The van der Waals surface area contributed by atoms with Crippen LogP contribution < -0.4 is 4.90 Å². The molecular formula is C18H14BrN. The van der Waals surface area contributed by atoms with Crippen molar-refractivity contribution in [3.8, 4) is 0 Å². The lowest BCUT2D eigenvalue weighted by molar-refractivity contribution is 1.28. The van der Waals surface area contributed by atoms with Gasteiger partial charge in [0, 0.05) is 21.5 Å². The van der Waals surface area contributed by atoms with Gasteiger partial charge < -0.3 is 4.90 Å². The fourth-order valence-corrected chi connectivity index (χ4v) is 2.34. The molecule has 0 amide bonds. The summed E-state index contributed by atoms with van der Waals surface area (Å²) >= 11 is 3.43. The highest BCUT2D eigenvalue weighted by Gasteiger charge is 2.11. The van der Waals surface area contributed by atoms with Crippen molar-refractivity contribution in [2.24, 2.45) is 0 Å². The van der Waals surface area contributed by atoms with Crippen LogP contribution in [0.25, 0.3) is 0 Å². The van der Waals surface area contributed by atoms with E-state index >= 15 is 0 Å². The van der Waals surface area contributed by atoms with Crippen LogP contribution in [0.4, 0.5) is 17.1 Å². The van der Waals surface area contributed by atoms with E-state index < -0.39 is 6.04 Å². The minimum absolute atomic E-state index is 0.121. The van der Waals surface area contributed by atoms with Crippen LogP contribution >= 0.6 is 15.9 Å². The molecule has 0 saturated heterocycles. The Labute approximate surface area is 134 Å². The zero-order valence-corrected chi connectivity index (χ0v) is 12.1. The SMILES string of the molecule is [2H]c1c([2H])c([2H])c(N(c2ccccc2)c2cccc(Br)c2)c([2H])c1[2H]. The molecule has 0 N–H and O–H groups in total. The number of anilines is 3. The van der Waals surface area contributed by atoms with Crippen LogP contribution in [0.1, 0.15) is 6.85 Å². The third kappa shape index (κ3) is 2.75. The largest absolute Gasteiger partial charge is 0.310 e. The molecule has 98 valence electrons. The van der Waals surface area contributed by atoms with Gasteiger partial charge in [-0.15, -0.1) is 0 Å². The smallest absolute Gasteiger partial charge is 0.0645 e. The first-order chi connectivity index (χ1) is 11.9. The second kappa shape index (κ2) is 5.93. The highest BCUT2D eigenvalue weighted by molar-refractivity contribution is 9.10. The van der Waals surface area contributed by atoms with Gasteiger partial charge in [-0.3, -0.25) is 0 Å². The molecule has 0 aromatic heterocycles. The third-order valence-electron chi connectivity index (χ3n) is 2.79. The normalized spacial score (nSPS) is 13.8. The average Bonchev–Trinajstić information content (AvgIpc) is 2.62. The maximum absolute atomic E-state index is 8.29. The van der Waals surface area contributed by atoms with Crippen molar-refractivity contribution in [1.29, 1.82) is 0 Å². The fourth-order valence-electron chi connectivity index (χ4n) is 1.95. The number of hydrogen-bond donors (Lipinski definition) is 0. The number of rotatable bonds is 3. The van der Waals surface area contributed by atoms with Crippen LogP contribution in [0.2, 0.25) is 0 Å². The van der Waals surface area contributed by atoms with Crippen LogP contribution in [-0.4, -0.2) is 0 Å². The molecule has 2 heteroatoms. The van der Waals surface area contributed by atoms with Gasteiger partial charge in [0.2, 0.25) is 0 Å². The lowest BCUT2D eigenvalue weighted by atomic mass is 10.2. The summed E-state index contributed by atoms with van der Waals surface area (Å²) in [6.07, 6.45) is 0. The number of halogens is 1. The van der Waals surface area contributed by atoms with Crippen LogP contribution in [0.15, 0.2) is 89.3 Å². The Kier molecular flexibility index (Phi) is 2.45. The van der Waals surface area contributed by atoms with Crippen LogP contribution in [-0.2, 0) is 0 Å². The molecule has 0 heterocycles. The Morgan fingerprint density at radius 3 is 2.15 bits per heavy atom. The summed E-state index contributed by atoms with van der Waals surface area (Å²) in [5.41, 5.74) is 1.52. The molecule has 0 aliphatic rings. The molecular weight excluding hydrogens is 310 g/mol. The monoisotopic (exact) mass is 328 g/mol. The van der Waals surface area contributed by atoms with E-state index in [-0.39, 0.29) is 29.9 Å². The molecule has 3 aromatic carbocycles. The van der Waals surface area contributed by atoms with Crippen molar-refractivity contribution in [2.45, 2.75) is 0 Å². The topological polar surface area (TPSA) is 3.24 Å². The first kappa shape index (κ1) is 8.28. The molecule has 20 heavy (non-hydrogen) atoms. The van der Waals surface area contributed by atoms with E-state index in [1.807, 2.05) is 54.6 Å². The second-order valence-corrected chi connectivity index (χ2v) is 5.04. The highest BCUT2D eigenvalue weighted by Crippen LogP contribution is 2.34. The van der Waals surface area contributed by atoms with Gasteiger partial charge in [-0.05, 0) is 42.4 Å². The first-order valence-electron chi connectivity index (χ1n) is 8.59. The maximum Gasteiger partial charge on any atom is 0.0645 e. The zero-order chi connectivity index (χ0) is 18.1. The molecule has 0 aliphatic carbocycles. The van der Waals surface area contributed by atoms with E-state index in [4.69, 9.17) is 6.85 Å². The standard InChI is InChI=1S/C18H14BrN/c19-15-8-7-13-18(14-15)20(16-9-3-1-4-10-16)17-11-5-2-6-12-17/h1-14H/i1D,3D,4D,9D,10D. The molecule has 0 atom stereocenters. The lowest BCUT2D eigenvalue weighted by Gasteiger charge is -2.25. The van der Waals surface area contributed by atoms with Crippen molar-refractivity contribution >= 4 is 33.0 Å². The van der Waals surface area contributed by atoms with Gasteiger partial charge in [-0.2, -0.15) is 0 Å². The Morgan fingerprint density at radius 2 is 1.45 bits per heavy atom. The Morgan fingerprint density at radius 1 is 0.750 bits per heavy atom. The average molecular weight is 329 g/mol. The maximum atomic E-state index is 8.29. The second-order valence-electron chi connectivity index (χ2n) is 4.12. The first-order valence-corrected chi connectivity index (χ1v) is 6.88.